The zero-order valence-corrected chi connectivity index (χ0v) is 15.8. The summed E-state index contributed by atoms with van der Waals surface area (Å²) in [5.74, 6) is 0.959. The molecule has 0 saturated carbocycles. The molecular formula is C21H31N3O. The first-order valence-electron chi connectivity index (χ1n) is 9.63. The summed E-state index contributed by atoms with van der Waals surface area (Å²) in [5.41, 5.74) is 4.12. The number of carbonyl (C=O) groups excluding carboxylic acids is 1. The normalized spacial score (nSPS) is 15.0. The van der Waals surface area contributed by atoms with Gasteiger partial charge in [0.05, 0.1) is 0 Å². The highest BCUT2D eigenvalue weighted by atomic mass is 16.2. The molecule has 1 aliphatic heterocycles. The first-order valence-corrected chi connectivity index (χ1v) is 9.63. The largest absolute Gasteiger partial charge is 0.344 e. The predicted molar refractivity (Wildman–Crippen MR) is 104 cm³/mol. The van der Waals surface area contributed by atoms with Crippen LogP contribution in [0.25, 0.3) is 10.9 Å². The molecule has 4 heteroatoms. The van der Waals surface area contributed by atoms with Gasteiger partial charge in [-0.05, 0) is 43.9 Å². The van der Waals surface area contributed by atoms with Crippen molar-refractivity contribution in [1.82, 2.24) is 14.8 Å². The minimum absolute atomic E-state index is 0.326. The molecule has 3 rings (SSSR count). The summed E-state index contributed by atoms with van der Waals surface area (Å²) < 4.78 is 2.46. The van der Waals surface area contributed by atoms with Gasteiger partial charge in [0.25, 0.3) is 0 Å². The van der Waals surface area contributed by atoms with Gasteiger partial charge < -0.3 is 14.8 Å². The van der Waals surface area contributed by atoms with E-state index in [1.54, 1.807) is 0 Å². The Labute approximate surface area is 151 Å². The van der Waals surface area contributed by atoms with Gasteiger partial charge >= 0.3 is 0 Å². The smallest absolute Gasteiger partial charge is 0.222 e. The summed E-state index contributed by atoms with van der Waals surface area (Å²) in [7, 11) is 0. The van der Waals surface area contributed by atoms with Gasteiger partial charge in [-0.1, -0.05) is 32.0 Å². The Morgan fingerprint density at radius 3 is 2.76 bits per heavy atom. The van der Waals surface area contributed by atoms with Crippen molar-refractivity contribution in [2.45, 2.75) is 53.1 Å². The van der Waals surface area contributed by atoms with Crippen LogP contribution in [0.5, 0.6) is 0 Å². The van der Waals surface area contributed by atoms with E-state index in [1.807, 2.05) is 4.90 Å². The second kappa shape index (κ2) is 8.05. The van der Waals surface area contributed by atoms with Gasteiger partial charge in [-0.3, -0.25) is 4.79 Å². The Hall–Kier alpha value is -1.81. The van der Waals surface area contributed by atoms with Crippen molar-refractivity contribution in [3.8, 4) is 0 Å². The number of fused-ring (bicyclic) bond motifs is 1. The summed E-state index contributed by atoms with van der Waals surface area (Å²) in [6.45, 7) is 11.5. The first kappa shape index (κ1) is 18.0. The van der Waals surface area contributed by atoms with Gasteiger partial charge in [-0.15, -0.1) is 0 Å². The van der Waals surface area contributed by atoms with Crippen molar-refractivity contribution in [3.63, 3.8) is 0 Å². The van der Waals surface area contributed by atoms with Crippen LogP contribution in [0.4, 0.5) is 0 Å². The Balaban J connectivity index is 1.61. The molecule has 1 aliphatic rings. The monoisotopic (exact) mass is 341 g/mol. The molecule has 2 aromatic rings. The minimum Gasteiger partial charge on any atom is -0.344 e. The number of rotatable bonds is 8. The van der Waals surface area contributed by atoms with Gasteiger partial charge in [0.1, 0.15) is 0 Å². The molecule has 0 aliphatic carbocycles. The lowest BCUT2D eigenvalue weighted by Gasteiger charge is -2.15. The number of nitrogens with zero attached hydrogens (tertiary/aromatic N) is 2. The van der Waals surface area contributed by atoms with Gasteiger partial charge in [0.15, 0.2) is 0 Å². The highest BCUT2D eigenvalue weighted by molar-refractivity contribution is 5.85. The van der Waals surface area contributed by atoms with Crippen LogP contribution in [0, 0.1) is 12.8 Å². The van der Waals surface area contributed by atoms with Crippen LogP contribution in [0.1, 0.15) is 44.4 Å². The lowest BCUT2D eigenvalue weighted by atomic mass is 10.1. The number of hydrogen-bond donors (Lipinski definition) is 1. The van der Waals surface area contributed by atoms with Crippen LogP contribution in [0.2, 0.25) is 0 Å². The molecule has 4 nitrogen and oxygen atoms in total. The topological polar surface area (TPSA) is 37.3 Å². The predicted octanol–water partition coefficient (Wildman–Crippen LogP) is 3.71. The molecule has 1 aromatic heterocycles. The average Bonchev–Trinajstić information content (AvgIpc) is 3.10. The fraction of sp³-hybridized carbons (Fsp3) is 0.571. The van der Waals surface area contributed by atoms with Gasteiger partial charge in [-0.25, -0.2) is 0 Å². The van der Waals surface area contributed by atoms with E-state index >= 15 is 0 Å². The number of benzene rings is 1. The van der Waals surface area contributed by atoms with E-state index in [4.69, 9.17) is 0 Å². The summed E-state index contributed by atoms with van der Waals surface area (Å²) in [6, 6.07) is 8.72. The summed E-state index contributed by atoms with van der Waals surface area (Å²) in [6.07, 6.45) is 2.79. The Kier molecular flexibility index (Phi) is 5.79. The Morgan fingerprint density at radius 2 is 2.04 bits per heavy atom. The van der Waals surface area contributed by atoms with E-state index in [0.29, 0.717) is 11.8 Å². The summed E-state index contributed by atoms with van der Waals surface area (Å²) in [4.78, 5) is 13.6. The summed E-state index contributed by atoms with van der Waals surface area (Å²) >= 11 is 0. The maximum absolute atomic E-state index is 11.6. The summed E-state index contributed by atoms with van der Waals surface area (Å²) in [5, 5.41) is 4.95. The van der Waals surface area contributed by atoms with E-state index in [1.165, 1.54) is 22.2 Å². The number of likely N-dealkylation sites (tertiary alicyclic amines) is 1. The van der Waals surface area contributed by atoms with Crippen molar-refractivity contribution in [1.29, 1.82) is 0 Å². The maximum atomic E-state index is 11.6. The second-order valence-corrected chi connectivity index (χ2v) is 7.60. The number of nitrogens with one attached hydrogen (secondary N) is 1. The van der Waals surface area contributed by atoms with Crippen LogP contribution in [-0.2, 0) is 17.9 Å². The van der Waals surface area contributed by atoms with Crippen molar-refractivity contribution >= 4 is 16.8 Å². The third-order valence-corrected chi connectivity index (χ3v) is 5.16. The molecule has 0 bridgehead atoms. The molecule has 1 aromatic carbocycles. The average molecular weight is 341 g/mol. The van der Waals surface area contributed by atoms with Crippen LogP contribution in [-0.4, -0.2) is 35.0 Å². The van der Waals surface area contributed by atoms with Crippen LogP contribution >= 0.6 is 0 Å². The lowest BCUT2D eigenvalue weighted by Crippen LogP contribution is -2.28. The van der Waals surface area contributed by atoms with Crippen LogP contribution < -0.4 is 5.32 Å². The molecule has 136 valence electrons. The molecule has 0 spiro atoms. The van der Waals surface area contributed by atoms with Crippen molar-refractivity contribution in [2.75, 3.05) is 19.6 Å². The number of amides is 1. The third kappa shape index (κ3) is 4.06. The van der Waals surface area contributed by atoms with E-state index in [2.05, 4.69) is 54.9 Å². The van der Waals surface area contributed by atoms with Gasteiger partial charge in [0, 0.05) is 49.2 Å². The Morgan fingerprint density at radius 1 is 1.24 bits per heavy atom. The first-order chi connectivity index (χ1) is 12.1. The van der Waals surface area contributed by atoms with Crippen molar-refractivity contribution in [3.05, 3.63) is 35.5 Å². The second-order valence-electron chi connectivity index (χ2n) is 7.60. The molecule has 1 amide bonds. The molecule has 0 atom stereocenters. The maximum Gasteiger partial charge on any atom is 0.222 e. The van der Waals surface area contributed by atoms with Crippen molar-refractivity contribution in [2.24, 2.45) is 5.92 Å². The van der Waals surface area contributed by atoms with Gasteiger partial charge in [0.2, 0.25) is 5.91 Å². The molecule has 1 N–H and O–H groups in total. The van der Waals surface area contributed by atoms with E-state index in [9.17, 15) is 4.79 Å². The minimum atomic E-state index is 0.326. The standard InChI is InChI=1S/C21H31N3O/c1-16(2)15-24-17(3)19(18-8-4-5-9-20(18)24)14-22-11-7-13-23-12-6-10-21(23)25/h4-5,8-9,16,22H,6-7,10-15H2,1-3H3. The lowest BCUT2D eigenvalue weighted by molar-refractivity contribution is -0.127. The zero-order valence-electron chi connectivity index (χ0n) is 15.8. The van der Waals surface area contributed by atoms with E-state index in [0.717, 1.165) is 52.0 Å². The van der Waals surface area contributed by atoms with E-state index in [-0.39, 0.29) is 0 Å². The van der Waals surface area contributed by atoms with Crippen molar-refractivity contribution < 1.29 is 4.79 Å². The number of carbonyl (C=O) groups is 1. The number of aromatic nitrogens is 1. The fourth-order valence-corrected chi connectivity index (χ4v) is 3.88. The number of para-hydroxylation sites is 1. The molecular weight excluding hydrogens is 310 g/mol. The highest BCUT2D eigenvalue weighted by Crippen LogP contribution is 2.26. The molecule has 0 radical (unpaired) electrons. The SMILES string of the molecule is Cc1c(CNCCCN2CCCC2=O)c2ccccc2n1CC(C)C. The quantitative estimate of drug-likeness (QED) is 0.743. The third-order valence-electron chi connectivity index (χ3n) is 5.16. The molecule has 25 heavy (non-hydrogen) atoms. The van der Waals surface area contributed by atoms with Gasteiger partial charge in [-0.2, -0.15) is 0 Å². The molecule has 2 heterocycles. The van der Waals surface area contributed by atoms with Crippen LogP contribution in [0.15, 0.2) is 24.3 Å². The zero-order chi connectivity index (χ0) is 17.8. The number of hydrogen-bond acceptors (Lipinski definition) is 2. The molecule has 1 saturated heterocycles. The molecule has 0 unspecified atom stereocenters. The highest BCUT2D eigenvalue weighted by Gasteiger charge is 2.19. The van der Waals surface area contributed by atoms with E-state index < -0.39 is 0 Å². The fourth-order valence-electron chi connectivity index (χ4n) is 3.88. The molecule has 1 fully saturated rings. The Bertz CT molecular complexity index is 732. The van der Waals surface area contributed by atoms with Crippen LogP contribution in [0.3, 0.4) is 0 Å².